The van der Waals surface area contributed by atoms with Crippen LogP contribution in [0.15, 0.2) is 27.4 Å². The number of hydrogen-bond acceptors (Lipinski definition) is 4. The van der Waals surface area contributed by atoms with Crippen molar-refractivity contribution in [2.24, 2.45) is 5.92 Å². The standard InChI is InChI=1S/C16H20N2O4/c1-10-5-7-16(21,8-6-10)9-17-14(19)11-3-2-4-12-13(11)18-15(20)22-12/h2-4,10,21H,5-9H2,1H3,(H,17,19)(H,18,20). The number of fused-ring (bicyclic) bond motifs is 1. The van der Waals surface area contributed by atoms with E-state index in [0.29, 0.717) is 35.4 Å². The second-order valence-corrected chi connectivity index (χ2v) is 6.28. The Labute approximate surface area is 127 Å². The van der Waals surface area contributed by atoms with Crippen LogP contribution < -0.4 is 11.1 Å². The Hall–Kier alpha value is -2.08. The number of nitrogens with one attached hydrogen (secondary N) is 2. The molecule has 1 amide bonds. The largest absolute Gasteiger partial charge is 0.417 e. The van der Waals surface area contributed by atoms with E-state index >= 15 is 0 Å². The fourth-order valence-corrected chi connectivity index (χ4v) is 2.98. The molecule has 1 aromatic heterocycles. The highest BCUT2D eigenvalue weighted by molar-refractivity contribution is 6.04. The molecular formula is C16H20N2O4. The van der Waals surface area contributed by atoms with Gasteiger partial charge in [-0.3, -0.25) is 9.78 Å². The van der Waals surface area contributed by atoms with Gasteiger partial charge in [0.25, 0.3) is 5.91 Å². The summed E-state index contributed by atoms with van der Waals surface area (Å²) < 4.78 is 4.94. The maximum Gasteiger partial charge on any atom is 0.417 e. The van der Waals surface area contributed by atoms with Crippen LogP contribution in [0.1, 0.15) is 43.0 Å². The number of H-pyrrole nitrogens is 1. The first-order valence-electron chi connectivity index (χ1n) is 7.59. The number of aromatic amines is 1. The van der Waals surface area contributed by atoms with Gasteiger partial charge < -0.3 is 14.8 Å². The lowest BCUT2D eigenvalue weighted by Crippen LogP contribution is -2.45. The van der Waals surface area contributed by atoms with Gasteiger partial charge in [-0.1, -0.05) is 13.0 Å². The van der Waals surface area contributed by atoms with Gasteiger partial charge in [0.2, 0.25) is 0 Å². The summed E-state index contributed by atoms with van der Waals surface area (Å²) in [5.41, 5.74) is 0.244. The monoisotopic (exact) mass is 304 g/mol. The molecule has 1 fully saturated rings. The van der Waals surface area contributed by atoms with Crippen LogP contribution in [0.3, 0.4) is 0 Å². The first-order chi connectivity index (χ1) is 10.5. The van der Waals surface area contributed by atoms with Gasteiger partial charge in [0.05, 0.1) is 16.7 Å². The summed E-state index contributed by atoms with van der Waals surface area (Å²) in [7, 11) is 0. The Balaban J connectivity index is 1.72. The first-order valence-corrected chi connectivity index (χ1v) is 7.59. The number of aliphatic hydroxyl groups is 1. The van der Waals surface area contributed by atoms with Gasteiger partial charge in [0.15, 0.2) is 5.58 Å². The van der Waals surface area contributed by atoms with Crippen LogP contribution in [0.4, 0.5) is 0 Å². The molecule has 1 saturated carbocycles. The van der Waals surface area contributed by atoms with E-state index in [9.17, 15) is 14.7 Å². The Morgan fingerprint density at radius 3 is 2.91 bits per heavy atom. The molecule has 118 valence electrons. The maximum atomic E-state index is 12.3. The predicted molar refractivity (Wildman–Crippen MR) is 81.7 cm³/mol. The molecule has 1 aliphatic carbocycles. The van der Waals surface area contributed by atoms with Gasteiger partial charge in [0, 0.05) is 6.54 Å². The lowest BCUT2D eigenvalue weighted by atomic mass is 9.79. The van der Waals surface area contributed by atoms with Crippen LogP contribution >= 0.6 is 0 Å². The van der Waals surface area contributed by atoms with Crippen molar-refractivity contribution in [3.8, 4) is 0 Å². The van der Waals surface area contributed by atoms with Gasteiger partial charge >= 0.3 is 5.76 Å². The van der Waals surface area contributed by atoms with Crippen molar-refractivity contribution in [1.29, 1.82) is 0 Å². The van der Waals surface area contributed by atoms with E-state index in [0.717, 1.165) is 12.8 Å². The summed E-state index contributed by atoms with van der Waals surface area (Å²) in [6, 6.07) is 4.90. The van der Waals surface area contributed by atoms with Gasteiger partial charge in [-0.05, 0) is 43.7 Å². The average Bonchev–Trinajstić information content (AvgIpc) is 2.88. The zero-order valence-corrected chi connectivity index (χ0v) is 12.5. The normalized spacial score (nSPS) is 25.3. The van der Waals surface area contributed by atoms with Crippen LogP contribution in [0.5, 0.6) is 0 Å². The molecule has 1 heterocycles. The number of benzene rings is 1. The van der Waals surface area contributed by atoms with Crippen molar-refractivity contribution >= 4 is 17.0 Å². The zero-order chi connectivity index (χ0) is 15.7. The summed E-state index contributed by atoms with van der Waals surface area (Å²) in [4.78, 5) is 26.1. The molecule has 6 heteroatoms. The summed E-state index contributed by atoms with van der Waals surface area (Å²) in [6.45, 7) is 2.39. The molecule has 22 heavy (non-hydrogen) atoms. The third kappa shape index (κ3) is 2.92. The van der Waals surface area contributed by atoms with Crippen LogP contribution in [-0.2, 0) is 0 Å². The minimum atomic E-state index is -0.833. The molecule has 0 atom stereocenters. The van der Waals surface area contributed by atoms with Crippen molar-refractivity contribution in [2.75, 3.05) is 6.54 Å². The fraction of sp³-hybridized carbons (Fsp3) is 0.500. The van der Waals surface area contributed by atoms with Gasteiger partial charge in [0.1, 0.15) is 0 Å². The maximum absolute atomic E-state index is 12.3. The fourth-order valence-electron chi connectivity index (χ4n) is 2.98. The minimum absolute atomic E-state index is 0.219. The average molecular weight is 304 g/mol. The van der Waals surface area contributed by atoms with Gasteiger partial charge in [-0.2, -0.15) is 0 Å². The highest BCUT2D eigenvalue weighted by Crippen LogP contribution is 2.31. The first kappa shape index (κ1) is 14.8. The highest BCUT2D eigenvalue weighted by atomic mass is 16.4. The third-order valence-corrected chi connectivity index (χ3v) is 4.48. The molecule has 0 aliphatic heterocycles. The molecule has 2 aromatic rings. The number of para-hydroxylation sites is 1. The SMILES string of the molecule is CC1CCC(O)(CNC(=O)c2cccc3oc(=O)[nH]c23)CC1. The molecule has 3 rings (SSSR count). The number of rotatable bonds is 3. The number of oxazole rings is 1. The van der Waals surface area contributed by atoms with Crippen molar-refractivity contribution in [3.05, 3.63) is 34.3 Å². The van der Waals surface area contributed by atoms with Crippen molar-refractivity contribution < 1.29 is 14.3 Å². The van der Waals surface area contributed by atoms with Gasteiger partial charge in [-0.15, -0.1) is 0 Å². The van der Waals surface area contributed by atoms with Gasteiger partial charge in [-0.25, -0.2) is 4.79 Å². The minimum Gasteiger partial charge on any atom is -0.408 e. The molecule has 6 nitrogen and oxygen atoms in total. The second-order valence-electron chi connectivity index (χ2n) is 6.28. The van der Waals surface area contributed by atoms with E-state index in [-0.39, 0.29) is 12.5 Å². The molecule has 1 aromatic carbocycles. The molecule has 3 N–H and O–H groups in total. The molecule has 1 aliphatic rings. The Bertz CT molecular complexity index is 738. The number of hydrogen-bond donors (Lipinski definition) is 3. The Morgan fingerprint density at radius 2 is 2.18 bits per heavy atom. The summed E-state index contributed by atoms with van der Waals surface area (Å²) in [5, 5.41) is 13.3. The lowest BCUT2D eigenvalue weighted by molar-refractivity contribution is -0.00538. The van der Waals surface area contributed by atoms with Crippen molar-refractivity contribution in [3.63, 3.8) is 0 Å². The molecule has 0 unspecified atom stereocenters. The third-order valence-electron chi connectivity index (χ3n) is 4.48. The second kappa shape index (κ2) is 5.61. The molecule has 0 radical (unpaired) electrons. The molecule has 0 saturated heterocycles. The van der Waals surface area contributed by atoms with E-state index in [4.69, 9.17) is 4.42 Å². The predicted octanol–water partition coefficient (Wildman–Crippen LogP) is 1.79. The number of carbonyl (C=O) groups is 1. The Morgan fingerprint density at radius 1 is 1.45 bits per heavy atom. The van der Waals surface area contributed by atoms with E-state index < -0.39 is 11.4 Å². The Kier molecular flexibility index (Phi) is 3.78. The van der Waals surface area contributed by atoms with E-state index in [1.807, 2.05) is 0 Å². The molecule has 0 bridgehead atoms. The summed E-state index contributed by atoms with van der Waals surface area (Å²) >= 11 is 0. The van der Waals surface area contributed by atoms with Crippen LogP contribution in [0.25, 0.3) is 11.1 Å². The molecule has 0 spiro atoms. The number of aromatic nitrogens is 1. The van der Waals surface area contributed by atoms with Crippen LogP contribution in [-0.4, -0.2) is 28.1 Å². The lowest BCUT2D eigenvalue weighted by Gasteiger charge is -2.34. The van der Waals surface area contributed by atoms with E-state index in [2.05, 4.69) is 17.2 Å². The smallest absolute Gasteiger partial charge is 0.408 e. The van der Waals surface area contributed by atoms with Crippen molar-refractivity contribution in [2.45, 2.75) is 38.2 Å². The zero-order valence-electron chi connectivity index (χ0n) is 12.5. The number of amides is 1. The van der Waals surface area contributed by atoms with Crippen LogP contribution in [0, 0.1) is 5.92 Å². The summed E-state index contributed by atoms with van der Waals surface area (Å²) in [6.07, 6.45) is 3.33. The topological polar surface area (TPSA) is 95.3 Å². The summed E-state index contributed by atoms with van der Waals surface area (Å²) in [5.74, 6) is -0.287. The molecular weight excluding hydrogens is 284 g/mol. The van der Waals surface area contributed by atoms with E-state index in [1.54, 1.807) is 18.2 Å². The van der Waals surface area contributed by atoms with E-state index in [1.165, 1.54) is 0 Å². The number of carbonyl (C=O) groups excluding carboxylic acids is 1. The highest BCUT2D eigenvalue weighted by Gasteiger charge is 2.32. The van der Waals surface area contributed by atoms with Crippen LogP contribution in [0.2, 0.25) is 0 Å². The quantitative estimate of drug-likeness (QED) is 0.805. The van der Waals surface area contributed by atoms with Crippen molar-refractivity contribution in [1.82, 2.24) is 10.3 Å².